The Hall–Kier alpha value is -4.09. The highest BCUT2D eigenvalue weighted by molar-refractivity contribution is 5.89. The predicted molar refractivity (Wildman–Crippen MR) is 144 cm³/mol. The lowest BCUT2D eigenvalue weighted by Crippen LogP contribution is -2.43. The van der Waals surface area contributed by atoms with Crippen molar-refractivity contribution in [3.8, 4) is 28.3 Å². The first kappa shape index (κ1) is 22.4. The van der Waals surface area contributed by atoms with Gasteiger partial charge in [0.05, 0.1) is 23.5 Å². The lowest BCUT2D eigenvalue weighted by molar-refractivity contribution is 0.253. The summed E-state index contributed by atoms with van der Waals surface area (Å²) < 4.78 is 6.19. The molecule has 1 fully saturated rings. The molecule has 0 spiro atoms. The summed E-state index contributed by atoms with van der Waals surface area (Å²) in [4.78, 5) is 14.3. The number of aromatic nitrogens is 3. The number of fused-ring (bicyclic) bond motifs is 1. The number of hydrogen-bond donors (Lipinski definition) is 1. The van der Waals surface area contributed by atoms with Crippen molar-refractivity contribution in [3.05, 3.63) is 108 Å². The van der Waals surface area contributed by atoms with Crippen LogP contribution >= 0.6 is 0 Å². The van der Waals surface area contributed by atoms with Gasteiger partial charge in [-0.25, -0.2) is 9.97 Å². The highest BCUT2D eigenvalue weighted by atomic mass is 16.5. The maximum atomic E-state index is 6.56. The van der Waals surface area contributed by atoms with Crippen LogP contribution in [0.25, 0.3) is 33.5 Å². The van der Waals surface area contributed by atoms with Crippen molar-refractivity contribution in [1.82, 2.24) is 15.0 Å². The predicted octanol–water partition coefficient (Wildman–Crippen LogP) is 6.32. The molecule has 2 heterocycles. The molecule has 0 atom stereocenters. The zero-order valence-electron chi connectivity index (χ0n) is 20.1. The van der Waals surface area contributed by atoms with E-state index in [-0.39, 0.29) is 5.54 Å². The third-order valence-corrected chi connectivity index (χ3v) is 7.08. The molecule has 0 unspecified atom stereocenters. The average molecular weight is 473 g/mol. The standard InChI is InChI=1S/C31H28N4O/c32-31(17-5-18-31)25-12-10-24(11-13-25)28-29(23-6-2-1-3-7-23)35-30-26(34-28)8-4-9-27(30)36-21-16-22-14-19-33-20-15-22/h1-4,6-15,19-20H,5,16-18,21,32H2. The van der Waals surface area contributed by atoms with Crippen LogP contribution in [-0.4, -0.2) is 21.6 Å². The van der Waals surface area contributed by atoms with Crippen molar-refractivity contribution >= 4 is 11.0 Å². The van der Waals surface area contributed by atoms with E-state index < -0.39 is 0 Å². The first-order valence-electron chi connectivity index (χ1n) is 12.5. The van der Waals surface area contributed by atoms with E-state index in [2.05, 4.69) is 41.4 Å². The normalized spacial score (nSPS) is 14.4. The molecule has 36 heavy (non-hydrogen) atoms. The molecule has 6 rings (SSSR count). The summed E-state index contributed by atoms with van der Waals surface area (Å²) in [5.74, 6) is 0.739. The molecule has 0 amide bonds. The fourth-order valence-corrected chi connectivity index (χ4v) is 4.80. The minimum absolute atomic E-state index is 0.182. The zero-order valence-corrected chi connectivity index (χ0v) is 20.1. The van der Waals surface area contributed by atoms with Crippen LogP contribution < -0.4 is 10.5 Å². The Balaban J connectivity index is 1.39. The summed E-state index contributed by atoms with van der Waals surface area (Å²) in [7, 11) is 0. The second kappa shape index (κ2) is 9.51. The first-order chi connectivity index (χ1) is 17.7. The van der Waals surface area contributed by atoms with Crippen LogP contribution in [0, 0.1) is 0 Å². The Labute approximate surface area is 211 Å². The summed E-state index contributed by atoms with van der Waals surface area (Å²) in [6.45, 7) is 0.551. The Morgan fingerprint density at radius 2 is 1.47 bits per heavy atom. The first-order valence-corrected chi connectivity index (χ1v) is 12.5. The van der Waals surface area contributed by atoms with Crippen molar-refractivity contribution in [3.63, 3.8) is 0 Å². The molecule has 0 aliphatic heterocycles. The molecule has 178 valence electrons. The van der Waals surface area contributed by atoms with E-state index in [4.69, 9.17) is 20.4 Å². The van der Waals surface area contributed by atoms with Crippen LogP contribution in [0.4, 0.5) is 0 Å². The molecule has 2 N–H and O–H groups in total. The summed E-state index contributed by atoms with van der Waals surface area (Å²) >= 11 is 0. The molecule has 0 saturated heterocycles. The number of para-hydroxylation sites is 1. The molecule has 0 radical (unpaired) electrons. The minimum atomic E-state index is -0.182. The molecule has 0 bridgehead atoms. The van der Waals surface area contributed by atoms with E-state index in [1.165, 1.54) is 17.5 Å². The van der Waals surface area contributed by atoms with Crippen LogP contribution in [0.5, 0.6) is 5.75 Å². The molecular formula is C31H28N4O. The summed E-state index contributed by atoms with van der Waals surface area (Å²) in [5, 5.41) is 0. The van der Waals surface area contributed by atoms with Gasteiger partial charge in [0.15, 0.2) is 0 Å². The highest BCUT2D eigenvalue weighted by Crippen LogP contribution is 2.40. The van der Waals surface area contributed by atoms with Gasteiger partial charge in [-0.3, -0.25) is 4.98 Å². The topological polar surface area (TPSA) is 73.9 Å². The van der Waals surface area contributed by atoms with E-state index in [1.807, 2.05) is 48.5 Å². The fourth-order valence-electron chi connectivity index (χ4n) is 4.80. The van der Waals surface area contributed by atoms with Crippen LogP contribution in [0.3, 0.4) is 0 Å². The van der Waals surface area contributed by atoms with E-state index in [0.717, 1.165) is 58.6 Å². The number of nitrogens with two attached hydrogens (primary N) is 1. The lowest BCUT2D eigenvalue weighted by atomic mass is 9.72. The third-order valence-electron chi connectivity index (χ3n) is 7.08. The lowest BCUT2D eigenvalue weighted by Gasteiger charge is -2.38. The van der Waals surface area contributed by atoms with Gasteiger partial charge < -0.3 is 10.5 Å². The van der Waals surface area contributed by atoms with E-state index >= 15 is 0 Å². The molecular weight excluding hydrogens is 444 g/mol. The number of nitrogens with zero attached hydrogens (tertiary/aromatic N) is 3. The van der Waals surface area contributed by atoms with Crippen molar-refractivity contribution in [1.29, 1.82) is 0 Å². The smallest absolute Gasteiger partial charge is 0.147 e. The van der Waals surface area contributed by atoms with Crippen molar-refractivity contribution in [2.24, 2.45) is 5.73 Å². The second-order valence-electron chi connectivity index (χ2n) is 9.45. The zero-order chi connectivity index (χ0) is 24.4. The van der Waals surface area contributed by atoms with Gasteiger partial charge in [0.2, 0.25) is 0 Å². The molecule has 2 aromatic heterocycles. The molecule has 5 aromatic rings. The summed E-state index contributed by atoms with van der Waals surface area (Å²) in [6, 6.07) is 28.7. The number of rotatable bonds is 7. The van der Waals surface area contributed by atoms with Crippen molar-refractivity contribution < 1.29 is 4.74 Å². The fraction of sp³-hybridized carbons (Fsp3) is 0.194. The number of hydrogen-bond acceptors (Lipinski definition) is 5. The summed E-state index contributed by atoms with van der Waals surface area (Å²) in [5.41, 5.74) is 14.1. The van der Waals surface area contributed by atoms with Crippen molar-refractivity contribution in [2.75, 3.05) is 6.61 Å². The Morgan fingerprint density at radius 1 is 0.750 bits per heavy atom. The quantitative estimate of drug-likeness (QED) is 0.300. The number of pyridine rings is 1. The second-order valence-corrected chi connectivity index (χ2v) is 9.45. The average Bonchev–Trinajstić information content (AvgIpc) is 2.92. The summed E-state index contributed by atoms with van der Waals surface area (Å²) in [6.07, 6.45) is 7.68. The molecule has 1 saturated carbocycles. The van der Waals surface area contributed by atoms with Crippen molar-refractivity contribution in [2.45, 2.75) is 31.2 Å². The van der Waals surface area contributed by atoms with Gasteiger partial charge in [0.1, 0.15) is 11.3 Å². The molecule has 1 aliphatic rings. The molecule has 1 aliphatic carbocycles. The number of ether oxygens (including phenoxy) is 1. The van der Waals surface area contributed by atoms with E-state index in [1.54, 1.807) is 12.4 Å². The number of benzene rings is 3. The van der Waals surface area contributed by atoms with Crippen LogP contribution in [0.2, 0.25) is 0 Å². The van der Waals surface area contributed by atoms with Gasteiger partial charge in [0, 0.05) is 35.5 Å². The van der Waals surface area contributed by atoms with Gasteiger partial charge in [-0.05, 0) is 54.7 Å². The van der Waals surface area contributed by atoms with Gasteiger partial charge in [0.25, 0.3) is 0 Å². The van der Waals surface area contributed by atoms with Gasteiger partial charge in [-0.15, -0.1) is 0 Å². The Morgan fingerprint density at radius 3 is 2.19 bits per heavy atom. The van der Waals surface area contributed by atoms with E-state index in [9.17, 15) is 0 Å². The third kappa shape index (κ3) is 4.34. The van der Waals surface area contributed by atoms with E-state index in [0.29, 0.717) is 6.61 Å². The van der Waals surface area contributed by atoms with Crippen LogP contribution in [0.15, 0.2) is 97.3 Å². The molecule has 5 heteroatoms. The van der Waals surface area contributed by atoms with Gasteiger partial charge in [-0.2, -0.15) is 0 Å². The minimum Gasteiger partial charge on any atom is -0.491 e. The molecule has 5 nitrogen and oxygen atoms in total. The van der Waals surface area contributed by atoms with Gasteiger partial charge in [-0.1, -0.05) is 60.7 Å². The van der Waals surface area contributed by atoms with Crippen LogP contribution in [0.1, 0.15) is 30.4 Å². The maximum Gasteiger partial charge on any atom is 0.147 e. The largest absolute Gasteiger partial charge is 0.491 e. The SMILES string of the molecule is NC1(c2ccc(-c3nc4cccc(OCCc5ccncc5)c4nc3-c3ccccc3)cc2)CCC1. The highest BCUT2D eigenvalue weighted by Gasteiger charge is 2.34. The van der Waals surface area contributed by atoms with Crippen LogP contribution in [-0.2, 0) is 12.0 Å². The monoisotopic (exact) mass is 472 g/mol. The molecule has 3 aromatic carbocycles. The maximum absolute atomic E-state index is 6.56. The Kier molecular flexibility index (Phi) is 5.91. The Bertz CT molecular complexity index is 1480. The van der Waals surface area contributed by atoms with Gasteiger partial charge >= 0.3 is 0 Å².